The molecule has 0 saturated carbocycles. The van der Waals surface area contributed by atoms with Crippen LogP contribution in [0.4, 0.5) is 0 Å². The topological polar surface area (TPSA) is 35.6 Å². The maximum absolute atomic E-state index is 12.4. The van der Waals surface area contributed by atoms with Gasteiger partial charge in [-0.2, -0.15) is 0 Å². The fourth-order valence-corrected chi connectivity index (χ4v) is 2.30. The van der Waals surface area contributed by atoms with Crippen molar-refractivity contribution in [3.63, 3.8) is 0 Å². The van der Waals surface area contributed by atoms with E-state index in [-0.39, 0.29) is 5.91 Å². The molecule has 1 aliphatic heterocycles. The highest BCUT2D eigenvalue weighted by atomic mass is 16.2. The fourth-order valence-electron chi connectivity index (χ4n) is 2.30. The quantitative estimate of drug-likeness (QED) is 0.734. The Kier molecular flexibility index (Phi) is 4.71. The zero-order valence-electron chi connectivity index (χ0n) is 11.5. The number of nitrogens with one attached hydrogen (secondary N) is 1. The molecule has 1 fully saturated rings. The predicted octanol–water partition coefficient (Wildman–Crippen LogP) is 0.705. The SMILES string of the molecule is C=C(C)CN(C)C(=O)C(C)(C)N1CCNCC1. The summed E-state index contributed by atoms with van der Waals surface area (Å²) in [6, 6.07) is 0. The van der Waals surface area contributed by atoms with Crippen LogP contribution in [0, 0.1) is 0 Å². The van der Waals surface area contributed by atoms with Crippen molar-refractivity contribution in [1.29, 1.82) is 0 Å². The molecule has 0 aromatic carbocycles. The first kappa shape index (κ1) is 14.2. The van der Waals surface area contributed by atoms with Gasteiger partial charge in [0.1, 0.15) is 0 Å². The van der Waals surface area contributed by atoms with Crippen molar-refractivity contribution in [3.05, 3.63) is 12.2 Å². The zero-order chi connectivity index (χ0) is 13.1. The molecule has 1 amide bonds. The van der Waals surface area contributed by atoms with E-state index in [0.717, 1.165) is 31.8 Å². The second kappa shape index (κ2) is 5.65. The van der Waals surface area contributed by atoms with Gasteiger partial charge in [0.25, 0.3) is 0 Å². The summed E-state index contributed by atoms with van der Waals surface area (Å²) in [6.07, 6.45) is 0. The van der Waals surface area contributed by atoms with Gasteiger partial charge in [-0.15, -0.1) is 0 Å². The summed E-state index contributed by atoms with van der Waals surface area (Å²) in [6.45, 7) is 14.2. The first-order valence-corrected chi connectivity index (χ1v) is 6.21. The maximum atomic E-state index is 12.4. The minimum Gasteiger partial charge on any atom is -0.340 e. The number of rotatable bonds is 4. The van der Waals surface area contributed by atoms with Crippen LogP contribution in [-0.4, -0.2) is 61.0 Å². The van der Waals surface area contributed by atoms with Gasteiger partial charge in [-0.25, -0.2) is 0 Å². The van der Waals surface area contributed by atoms with Gasteiger partial charge in [-0.05, 0) is 20.8 Å². The lowest BCUT2D eigenvalue weighted by Crippen LogP contribution is -2.60. The van der Waals surface area contributed by atoms with Crippen molar-refractivity contribution in [2.45, 2.75) is 26.3 Å². The number of amides is 1. The average molecular weight is 239 g/mol. The van der Waals surface area contributed by atoms with E-state index < -0.39 is 5.54 Å². The number of hydrogen-bond acceptors (Lipinski definition) is 3. The molecule has 4 nitrogen and oxygen atoms in total. The molecule has 0 aromatic rings. The van der Waals surface area contributed by atoms with Gasteiger partial charge in [0.05, 0.1) is 5.54 Å². The van der Waals surface area contributed by atoms with E-state index in [1.54, 1.807) is 4.90 Å². The number of carbonyl (C=O) groups is 1. The van der Waals surface area contributed by atoms with E-state index in [4.69, 9.17) is 0 Å². The minimum absolute atomic E-state index is 0.169. The van der Waals surface area contributed by atoms with Gasteiger partial charge >= 0.3 is 0 Å². The Balaban J connectivity index is 2.67. The standard InChI is InChI=1S/C13H25N3O/c1-11(2)10-15(5)12(17)13(3,4)16-8-6-14-7-9-16/h14H,1,6-10H2,2-5H3. The van der Waals surface area contributed by atoms with Crippen LogP contribution in [0.3, 0.4) is 0 Å². The Morgan fingerprint density at radius 3 is 2.41 bits per heavy atom. The highest BCUT2D eigenvalue weighted by Gasteiger charge is 2.36. The van der Waals surface area contributed by atoms with Crippen molar-refractivity contribution in [2.75, 3.05) is 39.8 Å². The summed E-state index contributed by atoms with van der Waals surface area (Å²) in [5, 5.41) is 3.31. The third-order valence-corrected chi connectivity index (χ3v) is 3.28. The normalized spacial score (nSPS) is 17.9. The van der Waals surface area contributed by atoms with Crippen molar-refractivity contribution in [3.8, 4) is 0 Å². The summed E-state index contributed by atoms with van der Waals surface area (Å²) in [7, 11) is 1.85. The summed E-state index contributed by atoms with van der Waals surface area (Å²) >= 11 is 0. The zero-order valence-corrected chi connectivity index (χ0v) is 11.5. The Hall–Kier alpha value is -0.870. The number of likely N-dealkylation sites (N-methyl/N-ethyl adjacent to an activating group) is 1. The molecule has 0 unspecified atom stereocenters. The first-order valence-electron chi connectivity index (χ1n) is 6.21. The summed E-state index contributed by atoms with van der Waals surface area (Å²) in [5.74, 6) is 0.169. The van der Waals surface area contributed by atoms with Gasteiger partial charge in [0, 0.05) is 39.8 Å². The Morgan fingerprint density at radius 1 is 1.41 bits per heavy atom. The van der Waals surface area contributed by atoms with Crippen LogP contribution in [0.2, 0.25) is 0 Å². The molecular formula is C13H25N3O. The van der Waals surface area contributed by atoms with Crippen LogP contribution < -0.4 is 5.32 Å². The molecule has 4 heteroatoms. The summed E-state index contributed by atoms with van der Waals surface area (Å²) in [5.41, 5.74) is 0.587. The largest absolute Gasteiger partial charge is 0.340 e. The lowest BCUT2D eigenvalue weighted by Gasteiger charge is -2.41. The van der Waals surface area contributed by atoms with Gasteiger partial charge < -0.3 is 10.2 Å². The molecule has 0 aliphatic carbocycles. The van der Waals surface area contributed by atoms with E-state index in [1.807, 2.05) is 27.8 Å². The molecule has 1 rings (SSSR count). The van der Waals surface area contributed by atoms with E-state index in [2.05, 4.69) is 16.8 Å². The second-order valence-corrected chi connectivity index (χ2v) is 5.41. The van der Waals surface area contributed by atoms with Gasteiger partial charge in [-0.3, -0.25) is 9.69 Å². The van der Waals surface area contributed by atoms with Gasteiger partial charge in [0.2, 0.25) is 5.91 Å². The molecule has 17 heavy (non-hydrogen) atoms. The van der Waals surface area contributed by atoms with Gasteiger partial charge in [0.15, 0.2) is 0 Å². The number of nitrogens with zero attached hydrogens (tertiary/aromatic N) is 2. The number of carbonyl (C=O) groups excluding carboxylic acids is 1. The van der Waals surface area contributed by atoms with Crippen LogP contribution in [-0.2, 0) is 4.79 Å². The number of hydrogen-bond donors (Lipinski definition) is 1. The molecule has 0 aromatic heterocycles. The molecule has 1 heterocycles. The molecule has 1 saturated heterocycles. The molecule has 0 spiro atoms. The van der Waals surface area contributed by atoms with Crippen LogP contribution in [0.1, 0.15) is 20.8 Å². The van der Waals surface area contributed by atoms with Crippen molar-refractivity contribution < 1.29 is 4.79 Å². The van der Waals surface area contributed by atoms with Crippen molar-refractivity contribution in [2.24, 2.45) is 0 Å². The van der Waals surface area contributed by atoms with E-state index in [9.17, 15) is 4.79 Å². The third-order valence-electron chi connectivity index (χ3n) is 3.28. The average Bonchev–Trinajstić information content (AvgIpc) is 2.28. The monoisotopic (exact) mass is 239 g/mol. The van der Waals surface area contributed by atoms with Gasteiger partial charge in [-0.1, -0.05) is 12.2 Å². The maximum Gasteiger partial charge on any atom is 0.242 e. The van der Waals surface area contributed by atoms with Crippen LogP contribution in [0.15, 0.2) is 12.2 Å². The molecule has 0 atom stereocenters. The smallest absolute Gasteiger partial charge is 0.242 e. The Labute approximate surface area is 105 Å². The van der Waals surface area contributed by atoms with Crippen molar-refractivity contribution in [1.82, 2.24) is 15.1 Å². The Morgan fingerprint density at radius 2 is 1.94 bits per heavy atom. The van der Waals surface area contributed by atoms with E-state index in [1.165, 1.54) is 0 Å². The van der Waals surface area contributed by atoms with E-state index >= 15 is 0 Å². The predicted molar refractivity (Wildman–Crippen MR) is 71.0 cm³/mol. The highest BCUT2D eigenvalue weighted by Crippen LogP contribution is 2.18. The number of piperazine rings is 1. The molecular weight excluding hydrogens is 214 g/mol. The molecule has 98 valence electrons. The fraction of sp³-hybridized carbons (Fsp3) is 0.769. The van der Waals surface area contributed by atoms with Crippen molar-refractivity contribution >= 4 is 5.91 Å². The summed E-state index contributed by atoms with van der Waals surface area (Å²) < 4.78 is 0. The summed E-state index contributed by atoms with van der Waals surface area (Å²) in [4.78, 5) is 16.4. The van der Waals surface area contributed by atoms with Crippen LogP contribution in [0.25, 0.3) is 0 Å². The Bertz CT molecular complexity index is 293. The molecule has 0 radical (unpaired) electrons. The molecule has 1 N–H and O–H groups in total. The highest BCUT2D eigenvalue weighted by molar-refractivity contribution is 5.85. The molecule has 1 aliphatic rings. The minimum atomic E-state index is -0.424. The lowest BCUT2D eigenvalue weighted by molar-refractivity contribution is -0.141. The van der Waals surface area contributed by atoms with E-state index in [0.29, 0.717) is 6.54 Å². The second-order valence-electron chi connectivity index (χ2n) is 5.41. The molecule has 0 bridgehead atoms. The third kappa shape index (κ3) is 3.54. The van der Waals surface area contributed by atoms with Crippen LogP contribution in [0.5, 0.6) is 0 Å². The lowest BCUT2D eigenvalue weighted by atomic mass is 9.99. The van der Waals surface area contributed by atoms with Crippen LogP contribution >= 0.6 is 0 Å². The first-order chi connectivity index (χ1) is 7.85.